The minimum absolute atomic E-state index is 0. The van der Waals surface area contributed by atoms with E-state index < -0.39 is 0 Å². The van der Waals surface area contributed by atoms with Gasteiger partial charge >= 0.3 is 0 Å². The largest absolute Gasteiger partial charge is 0.359 e. The third-order valence-electron chi connectivity index (χ3n) is 2.05. The lowest BCUT2D eigenvalue weighted by atomic mass is 10.3. The fourth-order valence-electron chi connectivity index (χ4n) is 1.25. The summed E-state index contributed by atoms with van der Waals surface area (Å²) < 4.78 is 0. The van der Waals surface area contributed by atoms with E-state index in [-0.39, 0.29) is 22.9 Å². The number of guanidine groups is 1. The van der Waals surface area contributed by atoms with Crippen LogP contribution in [0.25, 0.3) is 0 Å². The van der Waals surface area contributed by atoms with E-state index in [1.807, 2.05) is 6.07 Å². The molecule has 0 saturated carbocycles. The van der Waals surface area contributed by atoms with Gasteiger partial charge in [0.1, 0.15) is 5.82 Å². The van der Waals surface area contributed by atoms with Gasteiger partial charge < -0.3 is 16.0 Å². The number of nitrogens with zero attached hydrogens (tertiary/aromatic N) is 2. The Morgan fingerprint density at radius 2 is 2.17 bits per heavy atom. The Kier molecular flexibility index (Phi) is 7.69. The highest BCUT2D eigenvalue weighted by Crippen LogP contribution is 2.04. The topological polar surface area (TPSA) is 78.4 Å². The van der Waals surface area contributed by atoms with Crippen molar-refractivity contribution >= 4 is 34.7 Å². The molecule has 0 bridgehead atoms. The van der Waals surface area contributed by atoms with Gasteiger partial charge in [-0.25, -0.2) is 4.98 Å². The number of amides is 1. The van der Waals surface area contributed by atoms with Crippen molar-refractivity contribution in [3.63, 3.8) is 0 Å². The van der Waals surface area contributed by atoms with Crippen LogP contribution in [-0.4, -0.2) is 30.9 Å². The van der Waals surface area contributed by atoms with Crippen molar-refractivity contribution in [2.45, 2.75) is 13.5 Å². The third kappa shape index (κ3) is 5.62. The summed E-state index contributed by atoms with van der Waals surface area (Å²) in [6, 6.07) is 3.66. The molecule has 0 aromatic carbocycles. The van der Waals surface area contributed by atoms with Crippen molar-refractivity contribution in [1.29, 1.82) is 0 Å². The lowest BCUT2D eigenvalue weighted by molar-refractivity contribution is -0.114. The highest BCUT2D eigenvalue weighted by molar-refractivity contribution is 8.93. The number of aliphatic imine (C=N–C) groups is 1. The fraction of sp³-hybridized carbons (Fsp3) is 0.364. The van der Waals surface area contributed by atoms with E-state index >= 15 is 0 Å². The predicted octanol–water partition coefficient (Wildman–Crippen LogP) is 0.913. The minimum atomic E-state index is -0.126. The average molecular weight is 316 g/mol. The summed E-state index contributed by atoms with van der Waals surface area (Å²) in [5.41, 5.74) is 1.01. The van der Waals surface area contributed by atoms with E-state index in [9.17, 15) is 4.79 Å². The normalized spacial score (nSPS) is 10.3. The number of rotatable bonds is 3. The quantitative estimate of drug-likeness (QED) is 0.572. The Morgan fingerprint density at radius 1 is 1.44 bits per heavy atom. The molecular weight excluding hydrogens is 298 g/mol. The van der Waals surface area contributed by atoms with Gasteiger partial charge in [-0.15, -0.1) is 17.0 Å². The zero-order chi connectivity index (χ0) is 12.7. The molecule has 0 aliphatic carbocycles. The zero-order valence-electron chi connectivity index (χ0n) is 10.7. The third-order valence-corrected chi connectivity index (χ3v) is 2.05. The average Bonchev–Trinajstić information content (AvgIpc) is 2.32. The Bertz CT molecular complexity index is 404. The first kappa shape index (κ1) is 16.4. The fourth-order valence-corrected chi connectivity index (χ4v) is 1.25. The summed E-state index contributed by atoms with van der Waals surface area (Å²) in [4.78, 5) is 18.9. The van der Waals surface area contributed by atoms with Gasteiger partial charge in [-0.2, -0.15) is 0 Å². The summed E-state index contributed by atoms with van der Waals surface area (Å²) in [5.74, 6) is 1.15. The van der Waals surface area contributed by atoms with Crippen LogP contribution in [0.2, 0.25) is 0 Å². The molecule has 1 heterocycles. The van der Waals surface area contributed by atoms with Crippen LogP contribution in [0.5, 0.6) is 0 Å². The number of aromatic nitrogens is 1. The van der Waals surface area contributed by atoms with E-state index in [1.165, 1.54) is 6.92 Å². The number of carbonyl (C=O) groups is 1. The van der Waals surface area contributed by atoms with Crippen LogP contribution < -0.4 is 16.0 Å². The lowest BCUT2D eigenvalue weighted by Gasteiger charge is -2.08. The van der Waals surface area contributed by atoms with Crippen LogP contribution in [0.15, 0.2) is 23.3 Å². The Morgan fingerprint density at radius 3 is 2.61 bits per heavy atom. The molecule has 1 aromatic heterocycles. The monoisotopic (exact) mass is 315 g/mol. The number of pyridine rings is 1. The van der Waals surface area contributed by atoms with Crippen LogP contribution >= 0.6 is 17.0 Å². The minimum Gasteiger partial charge on any atom is -0.359 e. The Labute approximate surface area is 117 Å². The molecule has 0 spiro atoms. The number of hydrogen-bond acceptors (Lipinski definition) is 3. The molecule has 7 heteroatoms. The van der Waals surface area contributed by atoms with E-state index in [0.29, 0.717) is 12.4 Å². The van der Waals surface area contributed by atoms with Crippen molar-refractivity contribution < 1.29 is 4.79 Å². The van der Waals surface area contributed by atoms with Crippen LogP contribution in [0.4, 0.5) is 5.82 Å². The molecule has 6 nitrogen and oxygen atoms in total. The molecule has 0 saturated heterocycles. The highest BCUT2D eigenvalue weighted by atomic mass is 79.9. The Hall–Kier alpha value is -1.63. The Balaban J connectivity index is 0.00000289. The maximum atomic E-state index is 10.8. The molecule has 0 fully saturated rings. The van der Waals surface area contributed by atoms with Gasteiger partial charge in [-0.1, -0.05) is 6.07 Å². The first-order valence-electron chi connectivity index (χ1n) is 5.26. The maximum absolute atomic E-state index is 10.8. The van der Waals surface area contributed by atoms with Gasteiger partial charge in [0.25, 0.3) is 0 Å². The van der Waals surface area contributed by atoms with Gasteiger partial charge in [-0.3, -0.25) is 9.79 Å². The second-order valence-electron chi connectivity index (χ2n) is 3.41. The summed E-state index contributed by atoms with van der Waals surface area (Å²) in [6.07, 6.45) is 1.71. The maximum Gasteiger partial charge on any atom is 0.222 e. The summed E-state index contributed by atoms with van der Waals surface area (Å²) >= 11 is 0. The molecule has 1 amide bonds. The molecule has 1 aromatic rings. The summed E-state index contributed by atoms with van der Waals surface area (Å²) in [7, 11) is 3.50. The molecule has 0 aliphatic heterocycles. The number of nitrogens with one attached hydrogen (secondary N) is 3. The van der Waals surface area contributed by atoms with Crippen molar-refractivity contribution in [3.05, 3.63) is 23.9 Å². The SMILES string of the molecule is Br.CN=C(NC)NCc1ccc(NC(C)=O)nc1. The summed E-state index contributed by atoms with van der Waals surface area (Å²) in [5, 5.41) is 8.64. The standard InChI is InChI=1S/C11H17N5O.BrH/c1-8(17)16-10-5-4-9(6-14-10)7-15-11(12-2)13-3;/h4-6H,7H2,1-3H3,(H2,12,13,15)(H,14,16,17);1H. The molecule has 0 atom stereocenters. The molecule has 100 valence electrons. The summed E-state index contributed by atoms with van der Waals surface area (Å²) in [6.45, 7) is 2.08. The number of hydrogen-bond donors (Lipinski definition) is 3. The second-order valence-corrected chi connectivity index (χ2v) is 3.41. The van der Waals surface area contributed by atoms with Crippen molar-refractivity contribution in [2.24, 2.45) is 4.99 Å². The number of carbonyl (C=O) groups excluding carboxylic acids is 1. The first-order valence-corrected chi connectivity index (χ1v) is 5.26. The van der Waals surface area contributed by atoms with Gasteiger partial charge in [0, 0.05) is 33.8 Å². The molecule has 3 N–H and O–H groups in total. The van der Waals surface area contributed by atoms with E-state index in [4.69, 9.17) is 0 Å². The van der Waals surface area contributed by atoms with Gasteiger partial charge in [0.15, 0.2) is 5.96 Å². The van der Waals surface area contributed by atoms with Gasteiger partial charge in [0.05, 0.1) is 0 Å². The van der Waals surface area contributed by atoms with E-state index in [2.05, 4.69) is 25.9 Å². The van der Waals surface area contributed by atoms with Gasteiger partial charge in [-0.05, 0) is 11.6 Å². The lowest BCUT2D eigenvalue weighted by Crippen LogP contribution is -2.34. The van der Waals surface area contributed by atoms with Crippen LogP contribution in [0.3, 0.4) is 0 Å². The first-order chi connectivity index (χ1) is 8.15. The number of anilines is 1. The highest BCUT2D eigenvalue weighted by Gasteiger charge is 1.99. The van der Waals surface area contributed by atoms with Crippen molar-refractivity contribution in [2.75, 3.05) is 19.4 Å². The van der Waals surface area contributed by atoms with E-state index in [1.54, 1.807) is 26.4 Å². The molecule has 0 radical (unpaired) electrons. The number of halogens is 1. The molecular formula is C11H18BrN5O. The van der Waals surface area contributed by atoms with E-state index in [0.717, 1.165) is 11.5 Å². The zero-order valence-corrected chi connectivity index (χ0v) is 12.4. The molecule has 0 aliphatic rings. The second kappa shape index (κ2) is 8.46. The van der Waals surface area contributed by atoms with Crippen molar-refractivity contribution in [3.8, 4) is 0 Å². The predicted molar refractivity (Wildman–Crippen MR) is 78.1 cm³/mol. The molecule has 0 unspecified atom stereocenters. The molecule has 1 rings (SSSR count). The van der Waals surface area contributed by atoms with Crippen LogP contribution in [0, 0.1) is 0 Å². The van der Waals surface area contributed by atoms with Crippen molar-refractivity contribution in [1.82, 2.24) is 15.6 Å². The van der Waals surface area contributed by atoms with Crippen LogP contribution in [0.1, 0.15) is 12.5 Å². The van der Waals surface area contributed by atoms with Crippen LogP contribution in [-0.2, 0) is 11.3 Å². The smallest absolute Gasteiger partial charge is 0.222 e. The molecule has 18 heavy (non-hydrogen) atoms. The van der Waals surface area contributed by atoms with Gasteiger partial charge in [0.2, 0.25) is 5.91 Å².